The lowest BCUT2D eigenvalue weighted by atomic mass is 9.81. The predicted molar refractivity (Wildman–Crippen MR) is 129 cm³/mol. The lowest BCUT2D eigenvalue weighted by Gasteiger charge is -2.42. The summed E-state index contributed by atoms with van der Waals surface area (Å²) in [6.45, 7) is 12.6. The van der Waals surface area contributed by atoms with Crippen molar-refractivity contribution in [2.24, 2.45) is 0 Å². The number of esters is 1. The van der Waals surface area contributed by atoms with Crippen LogP contribution in [0.25, 0.3) is 5.57 Å². The Balaban J connectivity index is 2.20. The normalized spacial score (nSPS) is 17.0. The van der Waals surface area contributed by atoms with Crippen LogP contribution in [-0.2, 0) is 25.5 Å². The molecule has 3 rings (SSSR count). The monoisotopic (exact) mass is 468 g/mol. The highest BCUT2D eigenvalue weighted by Crippen LogP contribution is 2.43. The van der Waals surface area contributed by atoms with Crippen LogP contribution in [0, 0.1) is 12.7 Å². The number of halogens is 1. The van der Waals surface area contributed by atoms with E-state index < -0.39 is 23.0 Å². The number of carbonyl (C=O) groups excluding carboxylic acids is 2. The number of benzene rings is 2. The Morgan fingerprint density at radius 2 is 1.74 bits per heavy atom. The maximum atomic E-state index is 14.4. The van der Waals surface area contributed by atoms with E-state index in [4.69, 9.17) is 14.2 Å². The molecule has 1 aliphatic rings. The molecule has 1 aliphatic heterocycles. The van der Waals surface area contributed by atoms with Gasteiger partial charge in [0, 0.05) is 6.42 Å². The molecule has 0 aliphatic carbocycles. The van der Waals surface area contributed by atoms with Gasteiger partial charge in [0.2, 0.25) is 0 Å². The van der Waals surface area contributed by atoms with Gasteiger partial charge < -0.3 is 14.2 Å². The quantitative estimate of drug-likeness (QED) is 0.423. The van der Waals surface area contributed by atoms with E-state index in [0.717, 1.165) is 11.1 Å². The number of ketones is 1. The van der Waals surface area contributed by atoms with Gasteiger partial charge >= 0.3 is 5.97 Å². The predicted octanol–water partition coefficient (Wildman–Crippen LogP) is 6.70. The van der Waals surface area contributed by atoms with E-state index in [9.17, 15) is 14.0 Å². The van der Waals surface area contributed by atoms with E-state index in [1.165, 1.54) is 6.07 Å². The molecular weight excluding hydrogens is 435 g/mol. The molecule has 6 heteroatoms. The molecule has 0 bridgehead atoms. The van der Waals surface area contributed by atoms with Crippen LogP contribution in [0.5, 0.6) is 11.5 Å². The van der Waals surface area contributed by atoms with Crippen molar-refractivity contribution >= 4 is 17.3 Å². The highest BCUT2D eigenvalue weighted by molar-refractivity contribution is 6.26. The van der Waals surface area contributed by atoms with E-state index in [1.807, 2.05) is 19.9 Å². The second-order valence-electron chi connectivity index (χ2n) is 9.59. The first kappa shape index (κ1) is 25.6. The van der Waals surface area contributed by atoms with Crippen LogP contribution in [0.3, 0.4) is 0 Å². The molecule has 0 radical (unpaired) electrons. The molecule has 0 saturated carbocycles. The molecule has 0 fully saturated rings. The summed E-state index contributed by atoms with van der Waals surface area (Å²) in [7, 11) is 0. The zero-order valence-electron chi connectivity index (χ0n) is 21.0. The molecule has 1 heterocycles. The maximum Gasteiger partial charge on any atom is 0.310 e. The molecule has 0 unspecified atom stereocenters. The Labute approximate surface area is 200 Å². The highest BCUT2D eigenvalue weighted by Gasteiger charge is 2.49. The SMILES string of the molecule is CCCC(=O)OC1=C(c2cc(Oc3ccc(C)cc3F)ccc2CC)C(=O)C(C)(C)OC1(C)C. The van der Waals surface area contributed by atoms with Gasteiger partial charge in [-0.2, -0.15) is 0 Å². The van der Waals surface area contributed by atoms with E-state index in [1.54, 1.807) is 58.9 Å². The summed E-state index contributed by atoms with van der Waals surface area (Å²) in [4.78, 5) is 26.1. The number of aryl methyl sites for hydroxylation is 2. The lowest BCUT2D eigenvalue weighted by Crippen LogP contribution is -2.50. The molecule has 0 spiro atoms. The molecule has 0 atom stereocenters. The van der Waals surface area contributed by atoms with E-state index in [0.29, 0.717) is 24.2 Å². The molecule has 34 heavy (non-hydrogen) atoms. The Hall–Kier alpha value is -2.99. The van der Waals surface area contributed by atoms with E-state index in [-0.39, 0.29) is 29.3 Å². The minimum absolute atomic E-state index is 0.0864. The average molecular weight is 469 g/mol. The van der Waals surface area contributed by atoms with Gasteiger partial charge in [-0.15, -0.1) is 0 Å². The van der Waals surface area contributed by atoms with Crippen LogP contribution in [0.1, 0.15) is 71.1 Å². The number of carbonyl (C=O) groups is 2. The Bertz CT molecular complexity index is 1140. The minimum Gasteiger partial charge on any atom is -0.454 e. The zero-order chi connectivity index (χ0) is 25.3. The molecule has 2 aromatic carbocycles. The van der Waals surface area contributed by atoms with Crippen molar-refractivity contribution in [2.75, 3.05) is 0 Å². The van der Waals surface area contributed by atoms with Crippen molar-refractivity contribution in [2.45, 2.75) is 78.9 Å². The molecule has 5 nitrogen and oxygen atoms in total. The van der Waals surface area contributed by atoms with Gasteiger partial charge in [0.15, 0.2) is 23.1 Å². The smallest absolute Gasteiger partial charge is 0.310 e. The summed E-state index contributed by atoms with van der Waals surface area (Å²) in [5.41, 5.74) is 0.370. The summed E-state index contributed by atoms with van der Waals surface area (Å²) in [6, 6.07) is 10.0. The number of Topliss-reactive ketones (excluding diaryl/α,β-unsaturated/α-hetero) is 1. The second-order valence-corrected chi connectivity index (χ2v) is 9.59. The van der Waals surface area contributed by atoms with E-state index >= 15 is 0 Å². The van der Waals surface area contributed by atoms with Crippen molar-refractivity contribution in [3.63, 3.8) is 0 Å². The van der Waals surface area contributed by atoms with Gasteiger partial charge in [0.1, 0.15) is 17.0 Å². The Morgan fingerprint density at radius 3 is 2.35 bits per heavy atom. The van der Waals surface area contributed by atoms with Crippen LogP contribution in [0.15, 0.2) is 42.2 Å². The largest absolute Gasteiger partial charge is 0.454 e. The third-order valence-electron chi connectivity index (χ3n) is 5.77. The van der Waals surface area contributed by atoms with Gasteiger partial charge in [0.05, 0.1) is 5.57 Å². The van der Waals surface area contributed by atoms with Gasteiger partial charge in [-0.1, -0.05) is 26.0 Å². The van der Waals surface area contributed by atoms with Crippen LogP contribution in [-0.4, -0.2) is 23.0 Å². The fourth-order valence-corrected chi connectivity index (χ4v) is 4.20. The first-order valence-corrected chi connectivity index (χ1v) is 11.7. The summed E-state index contributed by atoms with van der Waals surface area (Å²) < 4.78 is 32.1. The average Bonchev–Trinajstić information content (AvgIpc) is 2.74. The molecule has 182 valence electrons. The minimum atomic E-state index is -1.13. The highest BCUT2D eigenvalue weighted by atomic mass is 19.1. The summed E-state index contributed by atoms with van der Waals surface area (Å²) in [5, 5.41) is 0. The van der Waals surface area contributed by atoms with Crippen molar-refractivity contribution in [1.82, 2.24) is 0 Å². The van der Waals surface area contributed by atoms with Crippen molar-refractivity contribution in [3.05, 3.63) is 64.7 Å². The molecule has 0 amide bonds. The van der Waals surface area contributed by atoms with Crippen LogP contribution in [0.2, 0.25) is 0 Å². The standard InChI is InChI=1S/C28H33FO5/c1-8-10-23(30)33-26-24(25(31)27(4,5)34-28(26,6)7)20-16-19(13-12-18(20)9-2)32-22-14-11-17(3)15-21(22)29/h11-16H,8-10H2,1-7H3. The topological polar surface area (TPSA) is 61.8 Å². The van der Waals surface area contributed by atoms with Gasteiger partial charge in [-0.3, -0.25) is 9.59 Å². The Morgan fingerprint density at radius 1 is 1.03 bits per heavy atom. The summed E-state index contributed by atoms with van der Waals surface area (Å²) >= 11 is 0. The fourth-order valence-electron chi connectivity index (χ4n) is 4.20. The third-order valence-corrected chi connectivity index (χ3v) is 5.77. The first-order chi connectivity index (χ1) is 15.9. The molecule has 0 saturated heterocycles. The molecular formula is C28H33FO5. The van der Waals surface area contributed by atoms with E-state index in [2.05, 4.69) is 0 Å². The zero-order valence-corrected chi connectivity index (χ0v) is 21.0. The Kier molecular flexibility index (Phi) is 7.32. The molecule has 2 aromatic rings. The molecule has 0 aromatic heterocycles. The number of hydrogen-bond acceptors (Lipinski definition) is 5. The summed E-state index contributed by atoms with van der Waals surface area (Å²) in [6.07, 6.45) is 1.47. The summed E-state index contributed by atoms with van der Waals surface area (Å²) in [5.74, 6) is -0.548. The number of hydrogen-bond donors (Lipinski definition) is 0. The maximum absolute atomic E-state index is 14.4. The lowest BCUT2D eigenvalue weighted by molar-refractivity contribution is -0.166. The first-order valence-electron chi connectivity index (χ1n) is 11.7. The second kappa shape index (κ2) is 9.71. The van der Waals surface area contributed by atoms with Gasteiger partial charge in [0.25, 0.3) is 0 Å². The fraction of sp³-hybridized carbons (Fsp3) is 0.429. The van der Waals surface area contributed by atoms with Crippen LogP contribution in [0.4, 0.5) is 4.39 Å². The van der Waals surface area contributed by atoms with Crippen molar-refractivity contribution < 1.29 is 28.2 Å². The number of ether oxygens (including phenoxy) is 3. The van der Waals surface area contributed by atoms with Crippen LogP contribution < -0.4 is 4.74 Å². The number of rotatable bonds is 7. The third kappa shape index (κ3) is 5.22. The van der Waals surface area contributed by atoms with Crippen molar-refractivity contribution in [3.8, 4) is 11.5 Å². The van der Waals surface area contributed by atoms with Crippen molar-refractivity contribution in [1.29, 1.82) is 0 Å². The molecule has 0 N–H and O–H groups in total. The van der Waals surface area contributed by atoms with Gasteiger partial charge in [-0.05, 0) is 88.4 Å². The van der Waals surface area contributed by atoms with Gasteiger partial charge in [-0.25, -0.2) is 4.39 Å². The van der Waals surface area contributed by atoms with Crippen LogP contribution >= 0.6 is 0 Å².